The Morgan fingerprint density at radius 1 is 0.639 bits per heavy atom. The normalized spacial score (nSPS) is 15.7. The fraction of sp³-hybridized carbons (Fsp3) is 0.250. The summed E-state index contributed by atoms with van der Waals surface area (Å²) in [5, 5.41) is 0. The number of fused-ring (bicyclic) bond motifs is 2. The first-order valence-electron chi connectivity index (χ1n) is 10.8. The van der Waals surface area contributed by atoms with Crippen molar-refractivity contribution in [1.29, 1.82) is 0 Å². The van der Waals surface area contributed by atoms with Gasteiger partial charge in [-0.2, -0.15) is 0 Å². The molecule has 4 nitrogen and oxygen atoms in total. The molecule has 0 aliphatic carbocycles. The molecular weight excluding hydrogens is 597 g/mol. The van der Waals surface area contributed by atoms with Crippen LogP contribution in [0.5, 0.6) is 0 Å². The summed E-state index contributed by atoms with van der Waals surface area (Å²) in [5.41, 5.74) is 4.90. The van der Waals surface area contributed by atoms with E-state index in [4.69, 9.17) is 0 Å². The first kappa shape index (κ1) is 31.9. The monoisotopic (exact) mass is 624 g/mol. The van der Waals surface area contributed by atoms with Gasteiger partial charge >= 0.3 is 55.4 Å². The summed E-state index contributed by atoms with van der Waals surface area (Å²) in [6, 6.07) is 16.7. The number of benzene rings is 2. The van der Waals surface area contributed by atoms with E-state index < -0.39 is 7.81 Å². The van der Waals surface area contributed by atoms with Gasteiger partial charge in [-0.3, -0.25) is 0 Å². The van der Waals surface area contributed by atoms with Gasteiger partial charge in [-0.15, -0.1) is 13.2 Å². The van der Waals surface area contributed by atoms with Gasteiger partial charge in [-0.1, -0.05) is 36.4 Å². The summed E-state index contributed by atoms with van der Waals surface area (Å²) in [6.45, 7) is 21.9. The fourth-order valence-corrected chi connectivity index (χ4v) is 3.37. The van der Waals surface area contributed by atoms with E-state index in [0.717, 1.165) is 26.2 Å². The van der Waals surface area contributed by atoms with Crippen LogP contribution in [0.4, 0.5) is 47.9 Å². The molecule has 0 fully saturated rings. The second-order valence-electron chi connectivity index (χ2n) is 7.42. The molecule has 0 saturated carbocycles. The van der Waals surface area contributed by atoms with E-state index in [0.29, 0.717) is 0 Å². The second kappa shape index (κ2) is 11.9. The molecule has 0 saturated heterocycles. The largest absolute Gasteiger partial charge is 1.00 e. The number of halogens is 6. The van der Waals surface area contributed by atoms with Crippen molar-refractivity contribution in [2.75, 3.05) is 45.8 Å². The van der Waals surface area contributed by atoms with Crippen LogP contribution < -0.4 is 19.6 Å². The van der Waals surface area contributed by atoms with Crippen LogP contribution in [0.2, 0.25) is 0 Å². The van der Waals surface area contributed by atoms with Crippen LogP contribution in [0.1, 0.15) is 13.8 Å². The Balaban J connectivity index is 0.000000283. The van der Waals surface area contributed by atoms with Crippen LogP contribution in [0.15, 0.2) is 73.8 Å². The first-order valence-corrected chi connectivity index (χ1v) is 12.8. The molecule has 0 amide bonds. The van der Waals surface area contributed by atoms with E-state index in [1.807, 2.05) is 12.2 Å². The van der Waals surface area contributed by atoms with Crippen LogP contribution in [0.3, 0.4) is 0 Å². The zero-order valence-electron chi connectivity index (χ0n) is 19.8. The predicted octanol–water partition coefficient (Wildman–Crippen LogP) is 8.41. The van der Waals surface area contributed by atoms with Gasteiger partial charge in [-0.05, 0) is 38.1 Å². The van der Waals surface area contributed by atoms with Gasteiger partial charge in [0.15, 0.2) is 0 Å². The minimum absolute atomic E-state index is 0. The van der Waals surface area contributed by atoms with Crippen molar-refractivity contribution in [2.24, 2.45) is 0 Å². The Morgan fingerprint density at radius 3 is 1.11 bits per heavy atom. The number of hydrogen-bond acceptors (Lipinski definition) is 4. The van der Waals surface area contributed by atoms with Gasteiger partial charge in [0, 0.05) is 26.2 Å². The van der Waals surface area contributed by atoms with Crippen LogP contribution >= 0.6 is 7.81 Å². The van der Waals surface area contributed by atoms with Crippen molar-refractivity contribution in [3.63, 3.8) is 0 Å². The maximum absolute atomic E-state index is 10.7. The summed E-state index contributed by atoms with van der Waals surface area (Å²) >= 11 is 0. The number of hydrogen-bond donors (Lipinski definition) is 0. The molecule has 4 rings (SSSR count). The summed E-state index contributed by atoms with van der Waals surface area (Å²) in [7, 11) is -10.7. The summed E-state index contributed by atoms with van der Waals surface area (Å²) in [5.74, 6) is 0. The van der Waals surface area contributed by atoms with Gasteiger partial charge < -0.3 is 19.6 Å². The van der Waals surface area contributed by atoms with E-state index in [1.54, 1.807) is 0 Å². The maximum atomic E-state index is 9.87. The molecular formula is C24H28AgF6N4P. The molecule has 202 valence electrons. The first-order chi connectivity index (χ1) is 16.2. The average molecular weight is 625 g/mol. The van der Waals surface area contributed by atoms with Crippen molar-refractivity contribution in [3.05, 3.63) is 87.2 Å². The third kappa shape index (κ3) is 10.5. The minimum atomic E-state index is -10.7. The molecule has 0 bridgehead atoms. The zero-order chi connectivity index (χ0) is 26.3. The van der Waals surface area contributed by atoms with Crippen molar-refractivity contribution in [3.8, 4) is 0 Å². The molecule has 36 heavy (non-hydrogen) atoms. The molecule has 0 atom stereocenters. The topological polar surface area (TPSA) is 13.0 Å². The predicted molar refractivity (Wildman–Crippen MR) is 134 cm³/mol. The Bertz CT molecular complexity index is 941. The van der Waals surface area contributed by atoms with Gasteiger partial charge in [0.2, 0.25) is 13.3 Å². The zero-order valence-corrected chi connectivity index (χ0v) is 22.2. The smallest absolute Gasteiger partial charge is 1.00 e. The average Bonchev–Trinajstić information content (AvgIpc) is 3.31. The Morgan fingerprint density at radius 2 is 0.889 bits per heavy atom. The molecule has 2 aromatic rings. The molecule has 4 radical (unpaired) electrons. The van der Waals surface area contributed by atoms with E-state index in [9.17, 15) is 25.2 Å². The number of anilines is 4. The number of rotatable bonds is 6. The minimum Gasteiger partial charge on any atom is 1.00 e. The van der Waals surface area contributed by atoms with Gasteiger partial charge in [0.1, 0.15) is 0 Å². The van der Waals surface area contributed by atoms with Gasteiger partial charge in [-0.25, -0.2) is 0 Å². The van der Waals surface area contributed by atoms with Gasteiger partial charge in [0.25, 0.3) is 0 Å². The molecule has 0 N–H and O–H groups in total. The van der Waals surface area contributed by atoms with Crippen molar-refractivity contribution >= 4 is 30.6 Å². The van der Waals surface area contributed by atoms with Crippen LogP contribution in [0.25, 0.3) is 0 Å². The maximum Gasteiger partial charge on any atom is 1.00 e. The Labute approximate surface area is 224 Å². The third-order valence-electron chi connectivity index (χ3n) is 4.67. The van der Waals surface area contributed by atoms with Gasteiger partial charge in [0.05, 0.1) is 22.7 Å². The van der Waals surface area contributed by atoms with Crippen molar-refractivity contribution < 1.29 is 47.6 Å². The molecule has 2 aromatic carbocycles. The summed E-state index contributed by atoms with van der Waals surface area (Å²) in [4.78, 5) is 8.43. The standard InChI is InChI=1S/2C12H14N2.Ag.F6P/c2*1-3-9-14-10-13(4-2)11-7-5-6-8-12(11)14;;1-7(2,3,4,5)6/h2*3,5-8H,1,4,9H2,2H3;;/q;;+1;-1. The van der Waals surface area contributed by atoms with Crippen LogP contribution in [-0.4, -0.2) is 26.2 Å². The van der Waals surface area contributed by atoms with E-state index in [2.05, 4.69) is 108 Å². The quantitative estimate of drug-likeness (QED) is 0.138. The molecule has 0 spiro atoms. The molecule has 2 heterocycles. The SMILES string of the molecule is C=CCN1[C]N(CC)c2ccccc21.C=CCN1[C]N(CC)c2ccccc21.F[P-](F)(F)(F)(F)F.[Ag+]. The van der Waals surface area contributed by atoms with Crippen molar-refractivity contribution in [1.82, 2.24) is 0 Å². The van der Waals surface area contributed by atoms with E-state index in [-0.39, 0.29) is 22.4 Å². The van der Waals surface area contributed by atoms with Crippen LogP contribution in [-0.2, 0) is 22.4 Å². The summed E-state index contributed by atoms with van der Waals surface area (Å²) < 4.78 is 59.2. The third-order valence-corrected chi connectivity index (χ3v) is 4.67. The van der Waals surface area contributed by atoms with E-state index in [1.165, 1.54) is 22.7 Å². The molecule has 12 heteroatoms. The number of nitrogens with zero attached hydrogens (tertiary/aromatic N) is 4. The van der Waals surface area contributed by atoms with Crippen molar-refractivity contribution in [2.45, 2.75) is 13.8 Å². The summed E-state index contributed by atoms with van der Waals surface area (Å²) in [6.07, 6.45) is 3.78. The molecule has 0 aromatic heterocycles. The second-order valence-corrected chi connectivity index (χ2v) is 9.34. The number of para-hydroxylation sites is 4. The van der Waals surface area contributed by atoms with Crippen LogP contribution in [0, 0.1) is 13.3 Å². The van der Waals surface area contributed by atoms with E-state index >= 15 is 0 Å². The Kier molecular flexibility index (Phi) is 10.6. The fourth-order valence-electron chi connectivity index (χ4n) is 3.37. The molecule has 2 aliphatic rings. The molecule has 0 unspecified atom stereocenters. The molecule has 2 aliphatic heterocycles. The Hall–Kier alpha value is -2.13.